The minimum absolute atomic E-state index is 0.138. The molecule has 3 N–H and O–H groups in total. The van der Waals surface area contributed by atoms with Gasteiger partial charge in [-0.1, -0.05) is 60.4 Å². The van der Waals surface area contributed by atoms with Crippen LogP contribution < -0.4 is 5.32 Å². The van der Waals surface area contributed by atoms with Gasteiger partial charge in [-0.3, -0.25) is 9.36 Å². The summed E-state index contributed by atoms with van der Waals surface area (Å²) in [5.74, 6) is 6.96. The van der Waals surface area contributed by atoms with E-state index in [4.69, 9.17) is 14.2 Å². The van der Waals surface area contributed by atoms with Gasteiger partial charge in [0, 0.05) is 29.2 Å². The van der Waals surface area contributed by atoms with Crippen molar-refractivity contribution >= 4 is 13.9 Å². The second kappa shape index (κ2) is 17.7. The molecule has 6 nitrogen and oxygen atoms in total. The molecule has 1 unspecified atom stereocenters. The SMILES string of the molecule is Cc1ccc(C=O)cc1C.Cc1ccc(CC(C#Cc2ccc(CNCCCP(=O)(O)O)cc2-c2ccco2)c2cccc(F)c2)cc1C. The molecule has 0 aliphatic rings. The Kier molecular flexibility index (Phi) is 13.5. The lowest BCUT2D eigenvalue weighted by Crippen LogP contribution is -2.15. The van der Waals surface area contributed by atoms with Crippen LogP contribution in [0.5, 0.6) is 0 Å². The average Bonchev–Trinajstić information content (AvgIpc) is 3.61. The zero-order valence-electron chi connectivity index (χ0n) is 28.4. The largest absolute Gasteiger partial charge is 0.464 e. The van der Waals surface area contributed by atoms with Gasteiger partial charge in [0.1, 0.15) is 17.9 Å². The molecule has 0 radical (unpaired) electrons. The van der Waals surface area contributed by atoms with Gasteiger partial charge in [-0.05, 0) is 128 Å². The van der Waals surface area contributed by atoms with Crippen LogP contribution in [0.15, 0.2) is 102 Å². The van der Waals surface area contributed by atoms with Crippen LogP contribution in [-0.4, -0.2) is 28.8 Å². The number of benzene rings is 4. The lowest BCUT2D eigenvalue weighted by atomic mass is 9.90. The topological polar surface area (TPSA) is 99.8 Å². The molecule has 0 spiro atoms. The van der Waals surface area contributed by atoms with E-state index in [9.17, 15) is 13.8 Å². The normalized spacial score (nSPS) is 11.6. The maximum Gasteiger partial charge on any atom is 0.325 e. The van der Waals surface area contributed by atoms with Gasteiger partial charge in [-0.25, -0.2) is 4.39 Å². The highest BCUT2D eigenvalue weighted by molar-refractivity contribution is 7.51. The predicted octanol–water partition coefficient (Wildman–Crippen LogP) is 8.85. The molecule has 0 bridgehead atoms. The number of aldehydes is 1. The summed E-state index contributed by atoms with van der Waals surface area (Å²) >= 11 is 0. The summed E-state index contributed by atoms with van der Waals surface area (Å²) in [6.07, 6.45) is 3.40. The Morgan fingerprint density at radius 1 is 0.857 bits per heavy atom. The van der Waals surface area contributed by atoms with Crippen LogP contribution in [-0.2, 0) is 17.5 Å². The molecule has 4 aromatic carbocycles. The molecular formula is C41H43FNO5P. The second-order valence-electron chi connectivity index (χ2n) is 12.2. The monoisotopic (exact) mass is 679 g/mol. The molecule has 8 heteroatoms. The van der Waals surface area contributed by atoms with Gasteiger partial charge in [0.2, 0.25) is 0 Å². The number of hydrogen-bond donors (Lipinski definition) is 3. The van der Waals surface area contributed by atoms with Crippen molar-refractivity contribution in [2.45, 2.75) is 53.0 Å². The van der Waals surface area contributed by atoms with Crippen molar-refractivity contribution < 1.29 is 28.0 Å². The highest BCUT2D eigenvalue weighted by Gasteiger charge is 2.14. The highest BCUT2D eigenvalue weighted by Crippen LogP contribution is 2.34. The molecule has 1 heterocycles. The minimum Gasteiger partial charge on any atom is -0.464 e. The molecule has 5 rings (SSSR count). The van der Waals surface area contributed by atoms with Crippen LogP contribution in [0.3, 0.4) is 0 Å². The molecule has 0 aliphatic heterocycles. The van der Waals surface area contributed by atoms with Crippen LogP contribution in [0.1, 0.15) is 67.2 Å². The van der Waals surface area contributed by atoms with Gasteiger partial charge in [-0.15, -0.1) is 0 Å². The second-order valence-corrected chi connectivity index (χ2v) is 14.0. The van der Waals surface area contributed by atoms with Gasteiger partial charge in [0.05, 0.1) is 12.4 Å². The van der Waals surface area contributed by atoms with Crippen molar-refractivity contribution in [1.29, 1.82) is 0 Å². The van der Waals surface area contributed by atoms with E-state index in [2.05, 4.69) is 49.2 Å². The van der Waals surface area contributed by atoms with Crippen LogP contribution in [0.25, 0.3) is 11.3 Å². The van der Waals surface area contributed by atoms with E-state index in [1.165, 1.54) is 28.3 Å². The van der Waals surface area contributed by atoms with E-state index in [0.29, 0.717) is 31.7 Å². The number of aryl methyl sites for hydroxylation is 4. The molecule has 0 amide bonds. The Hall–Kier alpha value is -4.57. The van der Waals surface area contributed by atoms with E-state index in [1.54, 1.807) is 18.4 Å². The number of carbonyl (C=O) groups excluding carboxylic acids is 1. The first-order valence-corrected chi connectivity index (χ1v) is 18.0. The molecule has 0 fully saturated rings. The first-order valence-electron chi connectivity index (χ1n) is 16.2. The highest BCUT2D eigenvalue weighted by atomic mass is 31.2. The number of furan rings is 1. The molecule has 1 aromatic heterocycles. The number of halogens is 1. The standard InChI is InChI=1S/C32H33FNO4P.C9H10O/c1-23-9-10-25(18-24(23)2)19-29(28-6-3-7-30(33)21-28)14-13-27-12-11-26(20-31(27)32-8-4-16-38-32)22-34-15-5-17-39(35,36)37;1-7-3-4-9(6-10)5-8(7)2/h3-4,6-12,16,18,20-21,29,34H,5,15,17,19,22H2,1-2H3,(H2,35,36,37);3-6H,1-2H3. The van der Waals surface area contributed by atoms with Gasteiger partial charge in [0.15, 0.2) is 0 Å². The third kappa shape index (κ3) is 11.8. The number of hydrogen-bond acceptors (Lipinski definition) is 4. The van der Waals surface area contributed by atoms with E-state index < -0.39 is 7.60 Å². The van der Waals surface area contributed by atoms with Crippen molar-refractivity contribution in [3.63, 3.8) is 0 Å². The smallest absolute Gasteiger partial charge is 0.325 e. The molecule has 254 valence electrons. The third-order valence-electron chi connectivity index (χ3n) is 8.31. The lowest BCUT2D eigenvalue weighted by Gasteiger charge is -2.13. The Bertz CT molecular complexity index is 1970. The van der Waals surface area contributed by atoms with Crippen LogP contribution in [0, 0.1) is 45.4 Å². The molecule has 0 aliphatic carbocycles. The van der Waals surface area contributed by atoms with E-state index in [1.807, 2.05) is 68.4 Å². The van der Waals surface area contributed by atoms with Gasteiger partial charge in [-0.2, -0.15) is 0 Å². The first kappa shape index (κ1) is 37.3. The van der Waals surface area contributed by atoms with Crippen molar-refractivity contribution in [3.8, 4) is 23.2 Å². The van der Waals surface area contributed by atoms with Crippen molar-refractivity contribution in [2.75, 3.05) is 12.7 Å². The summed E-state index contributed by atoms with van der Waals surface area (Å²) < 4.78 is 30.9. The van der Waals surface area contributed by atoms with Crippen LogP contribution >= 0.6 is 7.60 Å². The van der Waals surface area contributed by atoms with E-state index in [-0.39, 0.29) is 17.9 Å². The van der Waals surface area contributed by atoms with Crippen molar-refractivity contribution in [2.24, 2.45) is 0 Å². The van der Waals surface area contributed by atoms with Crippen LogP contribution in [0.4, 0.5) is 4.39 Å². The summed E-state index contributed by atoms with van der Waals surface area (Å²) in [6.45, 7) is 9.25. The third-order valence-corrected chi connectivity index (χ3v) is 9.21. The predicted molar refractivity (Wildman–Crippen MR) is 194 cm³/mol. The number of rotatable bonds is 11. The van der Waals surface area contributed by atoms with Gasteiger partial charge < -0.3 is 19.5 Å². The summed E-state index contributed by atoms with van der Waals surface area (Å²) in [7, 11) is -3.98. The van der Waals surface area contributed by atoms with Crippen molar-refractivity contribution in [3.05, 3.63) is 153 Å². The first-order chi connectivity index (χ1) is 23.4. The molecule has 49 heavy (non-hydrogen) atoms. The molecular weight excluding hydrogens is 636 g/mol. The van der Waals surface area contributed by atoms with Gasteiger partial charge >= 0.3 is 7.60 Å². The number of nitrogens with one attached hydrogen (secondary N) is 1. The quantitative estimate of drug-likeness (QED) is 0.0559. The average molecular weight is 680 g/mol. The summed E-state index contributed by atoms with van der Waals surface area (Å²) in [5.41, 5.74) is 10.2. The summed E-state index contributed by atoms with van der Waals surface area (Å²) in [5, 5.41) is 3.23. The van der Waals surface area contributed by atoms with E-state index in [0.717, 1.165) is 39.7 Å². The summed E-state index contributed by atoms with van der Waals surface area (Å²) in [4.78, 5) is 28.3. The molecule has 1 atom stereocenters. The molecule has 5 aromatic rings. The zero-order chi connectivity index (χ0) is 35.4. The fourth-order valence-corrected chi connectivity index (χ4v) is 5.80. The number of carbonyl (C=O) groups is 1. The minimum atomic E-state index is -3.98. The summed E-state index contributed by atoms with van der Waals surface area (Å²) in [6, 6.07) is 28.3. The Morgan fingerprint density at radius 3 is 2.24 bits per heavy atom. The Morgan fingerprint density at radius 2 is 1.59 bits per heavy atom. The Labute approximate surface area is 288 Å². The zero-order valence-corrected chi connectivity index (χ0v) is 29.3. The van der Waals surface area contributed by atoms with E-state index >= 15 is 0 Å². The van der Waals surface area contributed by atoms with Gasteiger partial charge in [0.25, 0.3) is 0 Å². The fourth-order valence-electron chi connectivity index (χ4n) is 5.23. The van der Waals surface area contributed by atoms with Crippen molar-refractivity contribution in [1.82, 2.24) is 5.32 Å². The Balaban J connectivity index is 0.000000463. The molecule has 0 saturated heterocycles. The maximum atomic E-state index is 14.1. The maximum absolute atomic E-state index is 14.1. The fraction of sp³-hybridized carbons (Fsp3) is 0.244. The lowest BCUT2D eigenvalue weighted by molar-refractivity contribution is 0.112. The molecule has 0 saturated carbocycles. The van der Waals surface area contributed by atoms with Crippen LogP contribution in [0.2, 0.25) is 0 Å².